The smallest absolute Gasteiger partial charge is 0.227 e. The van der Waals surface area contributed by atoms with Crippen molar-refractivity contribution in [2.24, 2.45) is 0 Å². The highest BCUT2D eigenvalue weighted by molar-refractivity contribution is 5.79. The molecule has 1 fully saturated rings. The number of carbonyl (C=O) groups is 1. The zero-order chi connectivity index (χ0) is 18.5. The maximum atomic E-state index is 12.7. The van der Waals surface area contributed by atoms with E-state index in [0.29, 0.717) is 12.3 Å². The van der Waals surface area contributed by atoms with Crippen molar-refractivity contribution in [3.8, 4) is 11.1 Å². The molecule has 0 saturated carbocycles. The topological polar surface area (TPSA) is 59.0 Å². The molecule has 0 spiro atoms. The fourth-order valence-electron chi connectivity index (χ4n) is 3.59. The average molecular weight is 358 g/mol. The Kier molecular flexibility index (Phi) is 5.19. The molecule has 0 radical (unpaired) electrons. The van der Waals surface area contributed by atoms with Crippen molar-refractivity contribution in [1.29, 1.82) is 0 Å². The lowest BCUT2D eigenvalue weighted by molar-refractivity contribution is -0.131. The predicted octanol–water partition coefficient (Wildman–Crippen LogP) is 3.49. The number of nitrogens with zero attached hydrogens (tertiary/aromatic N) is 4. The van der Waals surface area contributed by atoms with Crippen LogP contribution in [0.25, 0.3) is 11.1 Å². The molecule has 3 heterocycles. The molecule has 0 aliphatic carbocycles. The first kappa shape index (κ1) is 17.3. The maximum absolute atomic E-state index is 12.7. The van der Waals surface area contributed by atoms with Crippen molar-refractivity contribution >= 4 is 5.91 Å². The quantitative estimate of drug-likeness (QED) is 0.716. The van der Waals surface area contributed by atoms with E-state index in [1.54, 1.807) is 12.4 Å². The third kappa shape index (κ3) is 4.19. The van der Waals surface area contributed by atoms with Crippen LogP contribution in [0.5, 0.6) is 0 Å². The lowest BCUT2D eigenvalue weighted by Gasteiger charge is -2.32. The Labute approximate surface area is 159 Å². The SMILES string of the molecule is O=C(Cc1ccccc1)N1CCC[C@@H](c2ccc(-c3cncnc3)cn2)C1. The van der Waals surface area contributed by atoms with Gasteiger partial charge in [0.2, 0.25) is 5.91 Å². The Morgan fingerprint density at radius 3 is 2.56 bits per heavy atom. The minimum atomic E-state index is 0.198. The first-order chi connectivity index (χ1) is 13.3. The second-order valence-corrected chi connectivity index (χ2v) is 6.94. The third-order valence-electron chi connectivity index (χ3n) is 5.07. The second kappa shape index (κ2) is 8.08. The molecule has 1 saturated heterocycles. The van der Waals surface area contributed by atoms with Gasteiger partial charge in [-0.2, -0.15) is 0 Å². The van der Waals surface area contributed by atoms with Crippen molar-refractivity contribution in [3.63, 3.8) is 0 Å². The van der Waals surface area contributed by atoms with E-state index in [1.807, 2.05) is 41.4 Å². The normalized spacial score (nSPS) is 16.9. The zero-order valence-electron chi connectivity index (χ0n) is 15.2. The maximum Gasteiger partial charge on any atom is 0.227 e. The molecule has 5 heteroatoms. The predicted molar refractivity (Wildman–Crippen MR) is 104 cm³/mol. The van der Waals surface area contributed by atoms with Crippen molar-refractivity contribution < 1.29 is 4.79 Å². The van der Waals surface area contributed by atoms with Gasteiger partial charge >= 0.3 is 0 Å². The molecule has 1 aliphatic rings. The van der Waals surface area contributed by atoms with Crippen molar-refractivity contribution in [3.05, 3.63) is 78.6 Å². The number of piperidine rings is 1. The van der Waals surface area contributed by atoms with Gasteiger partial charge in [-0.25, -0.2) is 9.97 Å². The molecule has 2 aromatic heterocycles. The minimum absolute atomic E-state index is 0.198. The fourth-order valence-corrected chi connectivity index (χ4v) is 3.59. The number of rotatable bonds is 4. The van der Waals surface area contributed by atoms with Gasteiger partial charge in [-0.3, -0.25) is 9.78 Å². The van der Waals surface area contributed by atoms with Crippen molar-refractivity contribution in [1.82, 2.24) is 19.9 Å². The highest BCUT2D eigenvalue weighted by atomic mass is 16.2. The van der Waals surface area contributed by atoms with Gasteiger partial charge in [0.05, 0.1) is 6.42 Å². The molecule has 3 aromatic rings. The van der Waals surface area contributed by atoms with E-state index in [9.17, 15) is 4.79 Å². The number of hydrogen-bond donors (Lipinski definition) is 0. The molecule has 1 amide bonds. The van der Waals surface area contributed by atoms with Gasteiger partial charge in [0.1, 0.15) is 6.33 Å². The molecule has 136 valence electrons. The Balaban J connectivity index is 1.43. The average Bonchev–Trinajstić information content (AvgIpc) is 2.75. The Morgan fingerprint density at radius 2 is 1.81 bits per heavy atom. The van der Waals surface area contributed by atoms with E-state index in [-0.39, 0.29) is 5.91 Å². The van der Waals surface area contributed by atoms with Crippen LogP contribution in [0.3, 0.4) is 0 Å². The van der Waals surface area contributed by atoms with Crippen LogP contribution in [-0.4, -0.2) is 38.8 Å². The van der Waals surface area contributed by atoms with E-state index in [2.05, 4.69) is 27.1 Å². The lowest BCUT2D eigenvalue weighted by Crippen LogP contribution is -2.40. The standard InChI is InChI=1S/C22H22N4O/c27-22(11-17-5-2-1-3-6-17)26-10-4-7-19(15-26)21-9-8-18(14-25-21)20-12-23-16-24-13-20/h1-3,5-6,8-9,12-14,16,19H,4,7,10-11,15H2/t19-/m1/s1. The number of amides is 1. The van der Waals surface area contributed by atoms with E-state index in [0.717, 1.165) is 48.3 Å². The van der Waals surface area contributed by atoms with E-state index in [1.165, 1.54) is 6.33 Å². The van der Waals surface area contributed by atoms with Gasteiger partial charge in [-0.1, -0.05) is 36.4 Å². The number of carbonyl (C=O) groups excluding carboxylic acids is 1. The summed E-state index contributed by atoms with van der Waals surface area (Å²) in [6.45, 7) is 1.58. The van der Waals surface area contributed by atoms with Crippen LogP contribution in [0, 0.1) is 0 Å². The summed E-state index contributed by atoms with van der Waals surface area (Å²) >= 11 is 0. The fraction of sp³-hybridized carbons (Fsp3) is 0.273. The number of pyridine rings is 1. The molecular formula is C22H22N4O. The Bertz CT molecular complexity index is 881. The molecule has 0 unspecified atom stereocenters. The largest absolute Gasteiger partial charge is 0.342 e. The summed E-state index contributed by atoms with van der Waals surface area (Å²) in [5.74, 6) is 0.489. The van der Waals surface area contributed by atoms with Crippen LogP contribution in [0.2, 0.25) is 0 Å². The monoisotopic (exact) mass is 358 g/mol. The number of benzene rings is 1. The van der Waals surface area contributed by atoms with Crippen LogP contribution in [0.15, 0.2) is 67.4 Å². The van der Waals surface area contributed by atoms with Crippen LogP contribution < -0.4 is 0 Å². The van der Waals surface area contributed by atoms with Gasteiger partial charge in [-0.15, -0.1) is 0 Å². The van der Waals surface area contributed by atoms with E-state index < -0.39 is 0 Å². The summed E-state index contributed by atoms with van der Waals surface area (Å²) < 4.78 is 0. The summed E-state index contributed by atoms with van der Waals surface area (Å²) in [6.07, 6.45) is 9.51. The van der Waals surface area contributed by atoms with Crippen LogP contribution in [0.1, 0.15) is 30.0 Å². The van der Waals surface area contributed by atoms with Crippen LogP contribution in [0.4, 0.5) is 0 Å². The molecule has 4 rings (SSSR count). The van der Waals surface area contributed by atoms with Crippen molar-refractivity contribution in [2.45, 2.75) is 25.2 Å². The number of aromatic nitrogens is 3. The third-order valence-corrected chi connectivity index (χ3v) is 5.07. The Morgan fingerprint density at radius 1 is 1.00 bits per heavy atom. The second-order valence-electron chi connectivity index (χ2n) is 6.94. The van der Waals surface area contributed by atoms with E-state index in [4.69, 9.17) is 0 Å². The molecule has 1 atom stereocenters. The first-order valence-electron chi connectivity index (χ1n) is 9.32. The molecule has 5 nitrogen and oxygen atoms in total. The van der Waals surface area contributed by atoms with Gasteiger partial charge < -0.3 is 4.90 Å². The zero-order valence-corrected chi connectivity index (χ0v) is 15.2. The number of hydrogen-bond acceptors (Lipinski definition) is 4. The summed E-state index contributed by atoms with van der Waals surface area (Å²) in [4.78, 5) is 27.4. The summed E-state index contributed by atoms with van der Waals surface area (Å²) in [5, 5.41) is 0. The molecule has 0 N–H and O–H groups in total. The summed E-state index contributed by atoms with van der Waals surface area (Å²) in [6, 6.07) is 14.1. The van der Waals surface area contributed by atoms with Gasteiger partial charge in [0, 0.05) is 54.4 Å². The highest BCUT2D eigenvalue weighted by Crippen LogP contribution is 2.27. The molecule has 0 bridgehead atoms. The van der Waals surface area contributed by atoms with Crippen LogP contribution >= 0.6 is 0 Å². The molecule has 27 heavy (non-hydrogen) atoms. The first-order valence-corrected chi connectivity index (χ1v) is 9.32. The summed E-state index contributed by atoms with van der Waals surface area (Å²) in [7, 11) is 0. The van der Waals surface area contributed by atoms with Gasteiger partial charge in [0.25, 0.3) is 0 Å². The van der Waals surface area contributed by atoms with Gasteiger partial charge in [0.15, 0.2) is 0 Å². The number of likely N-dealkylation sites (tertiary alicyclic amines) is 1. The van der Waals surface area contributed by atoms with Gasteiger partial charge in [-0.05, 0) is 24.5 Å². The molecular weight excluding hydrogens is 336 g/mol. The minimum Gasteiger partial charge on any atom is -0.342 e. The molecule has 1 aromatic carbocycles. The highest BCUT2D eigenvalue weighted by Gasteiger charge is 2.25. The lowest BCUT2D eigenvalue weighted by atomic mass is 9.93. The Hall–Kier alpha value is -3.08. The van der Waals surface area contributed by atoms with E-state index >= 15 is 0 Å². The summed E-state index contributed by atoms with van der Waals surface area (Å²) in [5.41, 5.74) is 4.08. The van der Waals surface area contributed by atoms with Crippen molar-refractivity contribution in [2.75, 3.05) is 13.1 Å². The van der Waals surface area contributed by atoms with Crippen LogP contribution in [-0.2, 0) is 11.2 Å². The molecule has 1 aliphatic heterocycles.